The monoisotopic (exact) mass is 282 g/mol. The van der Waals surface area contributed by atoms with Gasteiger partial charge in [-0.05, 0) is 23.8 Å². The molecule has 0 fully saturated rings. The summed E-state index contributed by atoms with van der Waals surface area (Å²) in [7, 11) is 1.31. The smallest absolute Gasteiger partial charge is 0.150 e. The molecule has 2 rings (SSSR count). The van der Waals surface area contributed by atoms with Crippen molar-refractivity contribution >= 4 is 17.9 Å². The number of halogens is 3. The Balaban J connectivity index is 2.71. The third-order valence-corrected chi connectivity index (χ3v) is 2.90. The number of hydrogen-bond donors (Lipinski definition) is 0. The van der Waals surface area contributed by atoms with Crippen LogP contribution in [0.3, 0.4) is 0 Å². The van der Waals surface area contributed by atoms with Gasteiger partial charge < -0.3 is 4.74 Å². The van der Waals surface area contributed by atoms with Crippen LogP contribution in [0.25, 0.3) is 11.1 Å². The highest BCUT2D eigenvalue weighted by Gasteiger charge is 2.17. The van der Waals surface area contributed by atoms with E-state index in [1.165, 1.54) is 25.3 Å². The summed E-state index contributed by atoms with van der Waals surface area (Å²) in [6, 6.07) is 6.34. The Bertz CT molecular complexity index is 618. The maximum Gasteiger partial charge on any atom is 0.150 e. The van der Waals surface area contributed by atoms with Gasteiger partial charge in [-0.25, -0.2) is 8.78 Å². The molecule has 0 bridgehead atoms. The highest BCUT2D eigenvalue weighted by molar-refractivity contribution is 6.31. The van der Waals surface area contributed by atoms with Crippen molar-refractivity contribution in [1.29, 1.82) is 0 Å². The van der Waals surface area contributed by atoms with Gasteiger partial charge in [-0.3, -0.25) is 4.79 Å². The minimum absolute atomic E-state index is 0.0634. The van der Waals surface area contributed by atoms with Crippen molar-refractivity contribution in [3.8, 4) is 16.9 Å². The second-order valence-electron chi connectivity index (χ2n) is 3.82. The average Bonchev–Trinajstić information content (AvgIpc) is 2.38. The molecule has 0 radical (unpaired) electrons. The molecule has 0 aliphatic carbocycles. The Labute approximate surface area is 113 Å². The number of benzene rings is 2. The normalized spacial score (nSPS) is 10.3. The predicted molar refractivity (Wildman–Crippen MR) is 68.7 cm³/mol. The van der Waals surface area contributed by atoms with E-state index in [0.29, 0.717) is 6.29 Å². The van der Waals surface area contributed by atoms with Crippen LogP contribution in [-0.2, 0) is 0 Å². The van der Waals surface area contributed by atoms with E-state index in [4.69, 9.17) is 16.3 Å². The van der Waals surface area contributed by atoms with Gasteiger partial charge in [-0.2, -0.15) is 0 Å². The van der Waals surface area contributed by atoms with Crippen molar-refractivity contribution in [1.82, 2.24) is 0 Å². The van der Waals surface area contributed by atoms with Crippen molar-refractivity contribution in [3.63, 3.8) is 0 Å². The second kappa shape index (κ2) is 5.36. The van der Waals surface area contributed by atoms with Crippen LogP contribution >= 0.6 is 11.6 Å². The Morgan fingerprint density at radius 2 is 1.79 bits per heavy atom. The summed E-state index contributed by atoms with van der Waals surface area (Å²) in [6.07, 6.45) is 0.523. The molecule has 0 atom stereocenters. The summed E-state index contributed by atoms with van der Waals surface area (Å²) < 4.78 is 32.7. The topological polar surface area (TPSA) is 26.3 Å². The van der Waals surface area contributed by atoms with Gasteiger partial charge in [0.05, 0.1) is 12.7 Å². The lowest BCUT2D eigenvalue weighted by Crippen LogP contribution is -1.96. The van der Waals surface area contributed by atoms with E-state index in [0.717, 1.165) is 12.1 Å². The van der Waals surface area contributed by atoms with E-state index < -0.39 is 11.6 Å². The summed E-state index contributed by atoms with van der Waals surface area (Å²) in [5.41, 5.74) is -0.0297. The van der Waals surface area contributed by atoms with Crippen molar-refractivity contribution in [2.75, 3.05) is 7.11 Å². The van der Waals surface area contributed by atoms with Crippen molar-refractivity contribution in [2.24, 2.45) is 0 Å². The zero-order valence-electron chi connectivity index (χ0n) is 9.91. The molecule has 2 aromatic rings. The SMILES string of the molecule is COc1cc(F)c(-c2cc(Cl)ccc2C=O)c(F)c1. The molecule has 0 saturated heterocycles. The molecular weight excluding hydrogens is 274 g/mol. The molecule has 2 aromatic carbocycles. The fraction of sp³-hybridized carbons (Fsp3) is 0.0714. The number of hydrogen-bond acceptors (Lipinski definition) is 2. The van der Waals surface area contributed by atoms with Crippen LogP contribution in [0.2, 0.25) is 5.02 Å². The first-order valence-electron chi connectivity index (χ1n) is 5.35. The second-order valence-corrected chi connectivity index (χ2v) is 4.25. The largest absolute Gasteiger partial charge is 0.497 e. The molecular formula is C14H9ClF2O2. The Kier molecular flexibility index (Phi) is 3.81. The van der Waals surface area contributed by atoms with Crippen LogP contribution in [0.4, 0.5) is 8.78 Å². The van der Waals surface area contributed by atoms with Crippen molar-refractivity contribution in [2.45, 2.75) is 0 Å². The molecule has 0 aromatic heterocycles. The highest BCUT2D eigenvalue weighted by Crippen LogP contribution is 2.33. The van der Waals surface area contributed by atoms with Gasteiger partial charge >= 0.3 is 0 Å². The number of carbonyl (C=O) groups excluding carboxylic acids is 1. The highest BCUT2D eigenvalue weighted by atomic mass is 35.5. The number of carbonyl (C=O) groups is 1. The Morgan fingerprint density at radius 1 is 1.16 bits per heavy atom. The molecule has 0 saturated carbocycles. The number of rotatable bonds is 3. The Hall–Kier alpha value is -1.94. The predicted octanol–water partition coefficient (Wildman–Crippen LogP) is 4.11. The molecule has 5 heteroatoms. The van der Waals surface area contributed by atoms with E-state index in [1.807, 2.05) is 0 Å². The molecule has 98 valence electrons. The molecule has 2 nitrogen and oxygen atoms in total. The summed E-state index contributed by atoms with van der Waals surface area (Å²) >= 11 is 5.80. The minimum Gasteiger partial charge on any atom is -0.497 e. The van der Waals surface area contributed by atoms with Gasteiger partial charge in [0.15, 0.2) is 6.29 Å². The summed E-state index contributed by atoms with van der Waals surface area (Å²) in [5, 5.41) is 0.287. The number of ether oxygens (including phenoxy) is 1. The minimum atomic E-state index is -0.817. The molecule has 19 heavy (non-hydrogen) atoms. The molecule has 0 heterocycles. The van der Waals surface area contributed by atoms with Gasteiger partial charge in [0.25, 0.3) is 0 Å². The fourth-order valence-electron chi connectivity index (χ4n) is 1.77. The summed E-state index contributed by atoms with van der Waals surface area (Å²) in [6.45, 7) is 0. The van der Waals surface area contributed by atoms with Crippen LogP contribution < -0.4 is 4.74 Å². The summed E-state index contributed by atoms with van der Waals surface area (Å²) in [5.74, 6) is -1.57. The number of methoxy groups -OCH3 is 1. The maximum absolute atomic E-state index is 14.0. The third-order valence-electron chi connectivity index (χ3n) is 2.66. The summed E-state index contributed by atoms with van der Waals surface area (Å²) in [4.78, 5) is 10.9. The first-order valence-corrected chi connectivity index (χ1v) is 5.72. The van der Waals surface area contributed by atoms with E-state index >= 15 is 0 Å². The lowest BCUT2D eigenvalue weighted by atomic mass is 9.99. The van der Waals surface area contributed by atoms with Gasteiger partial charge in [-0.15, -0.1) is 0 Å². The van der Waals surface area contributed by atoms with Crippen LogP contribution in [0, 0.1) is 11.6 Å². The molecule has 0 spiro atoms. The molecule has 0 amide bonds. The molecule has 0 N–H and O–H groups in total. The first-order chi connectivity index (χ1) is 9.06. The van der Waals surface area contributed by atoms with Crippen molar-refractivity contribution < 1.29 is 18.3 Å². The average molecular weight is 283 g/mol. The van der Waals surface area contributed by atoms with E-state index in [-0.39, 0.29) is 27.5 Å². The van der Waals surface area contributed by atoms with E-state index in [2.05, 4.69) is 0 Å². The standard InChI is InChI=1S/C14H9ClF2O2/c1-19-10-5-12(16)14(13(17)6-10)11-4-9(15)3-2-8(11)7-18/h2-7H,1H3. The zero-order chi connectivity index (χ0) is 14.0. The lowest BCUT2D eigenvalue weighted by Gasteiger charge is -2.10. The van der Waals surface area contributed by atoms with Crippen LogP contribution in [-0.4, -0.2) is 13.4 Å². The first kappa shape index (κ1) is 13.5. The van der Waals surface area contributed by atoms with Gasteiger partial charge in [0.1, 0.15) is 17.4 Å². The van der Waals surface area contributed by atoms with Gasteiger partial charge in [0.2, 0.25) is 0 Å². The quantitative estimate of drug-likeness (QED) is 0.792. The van der Waals surface area contributed by atoms with E-state index in [9.17, 15) is 13.6 Å². The molecule has 0 aliphatic rings. The van der Waals surface area contributed by atoms with Gasteiger partial charge in [0, 0.05) is 22.7 Å². The lowest BCUT2D eigenvalue weighted by molar-refractivity contribution is 0.112. The van der Waals surface area contributed by atoms with Crippen LogP contribution in [0.15, 0.2) is 30.3 Å². The molecule has 0 aliphatic heterocycles. The number of aldehydes is 1. The van der Waals surface area contributed by atoms with Crippen molar-refractivity contribution in [3.05, 3.63) is 52.6 Å². The van der Waals surface area contributed by atoms with Gasteiger partial charge in [-0.1, -0.05) is 11.6 Å². The third kappa shape index (κ3) is 2.58. The zero-order valence-corrected chi connectivity index (χ0v) is 10.7. The van der Waals surface area contributed by atoms with Crippen LogP contribution in [0.1, 0.15) is 10.4 Å². The Morgan fingerprint density at radius 3 is 2.32 bits per heavy atom. The fourth-order valence-corrected chi connectivity index (χ4v) is 1.94. The van der Waals surface area contributed by atoms with E-state index in [1.54, 1.807) is 0 Å². The molecule has 0 unspecified atom stereocenters. The maximum atomic E-state index is 14.0. The van der Waals surface area contributed by atoms with Crippen LogP contribution in [0.5, 0.6) is 5.75 Å².